The molecule has 1 aromatic carbocycles. The minimum absolute atomic E-state index is 0.329. The fraction of sp³-hybridized carbons (Fsp3) is 0.500. The fourth-order valence-electron chi connectivity index (χ4n) is 1.39. The van der Waals surface area contributed by atoms with Crippen LogP contribution in [0.1, 0.15) is 32.4 Å². The number of hydrogen-bond acceptors (Lipinski definition) is 2. The van der Waals surface area contributed by atoms with Crippen molar-refractivity contribution in [3.8, 4) is 0 Å². The number of rotatable bonds is 2. The molecule has 0 saturated heterocycles. The van der Waals surface area contributed by atoms with Crippen LogP contribution in [-0.4, -0.2) is 11.4 Å². The largest absolute Gasteiger partial charge is 0.388 e. The lowest BCUT2D eigenvalue weighted by atomic mass is 9.84. The Kier molecular flexibility index (Phi) is 4.43. The first-order valence-electron chi connectivity index (χ1n) is 4.99. The van der Waals surface area contributed by atoms with Gasteiger partial charge in [0, 0.05) is 14.9 Å². The van der Waals surface area contributed by atoms with Crippen molar-refractivity contribution in [2.24, 2.45) is 5.41 Å². The highest BCUT2D eigenvalue weighted by atomic mass is 79.9. The van der Waals surface area contributed by atoms with Crippen molar-refractivity contribution in [3.05, 3.63) is 28.0 Å². The van der Waals surface area contributed by atoms with Gasteiger partial charge in [0.25, 0.3) is 0 Å². The molecule has 0 aliphatic heterocycles. The summed E-state index contributed by atoms with van der Waals surface area (Å²) in [6.07, 6.45) is 0.994. The number of hydrogen-bond donors (Lipinski definition) is 1. The first-order chi connectivity index (χ1) is 7.29. The number of benzene rings is 1. The van der Waals surface area contributed by atoms with E-state index >= 15 is 0 Å². The molecule has 4 heteroatoms. The minimum atomic E-state index is -0.825. The molecule has 0 spiro atoms. The highest BCUT2D eigenvalue weighted by Gasteiger charge is 2.29. The number of halogens is 2. The van der Waals surface area contributed by atoms with Crippen LogP contribution in [0.25, 0.3) is 0 Å². The van der Waals surface area contributed by atoms with E-state index in [1.807, 2.05) is 27.0 Å². The highest BCUT2D eigenvalue weighted by Crippen LogP contribution is 2.39. The predicted molar refractivity (Wildman–Crippen MR) is 70.3 cm³/mol. The monoisotopic (exact) mass is 306 g/mol. The normalized spacial score (nSPS) is 13.9. The third kappa shape index (κ3) is 2.79. The molecule has 0 amide bonds. The molecule has 1 atom stereocenters. The van der Waals surface area contributed by atoms with Crippen molar-refractivity contribution in [1.29, 1.82) is 0 Å². The quantitative estimate of drug-likeness (QED) is 0.818. The molecule has 0 aliphatic carbocycles. The standard InChI is InChI=1S/C12H16BrFOS/c1-12(2,3)11(15)9-7(13)5-6-8(16-4)10(9)14/h5-6,11,15H,1-4H3. The van der Waals surface area contributed by atoms with Crippen LogP contribution in [0.5, 0.6) is 0 Å². The Morgan fingerprint density at radius 2 is 1.94 bits per heavy atom. The van der Waals surface area contributed by atoms with Crippen LogP contribution in [0, 0.1) is 11.2 Å². The average Bonchev–Trinajstić information content (AvgIpc) is 2.16. The maximum Gasteiger partial charge on any atom is 0.143 e. The second-order valence-corrected chi connectivity index (χ2v) is 6.45. The van der Waals surface area contributed by atoms with Gasteiger partial charge in [-0.3, -0.25) is 0 Å². The van der Waals surface area contributed by atoms with Crippen LogP contribution in [0.15, 0.2) is 21.5 Å². The molecular formula is C12H16BrFOS. The molecule has 0 saturated carbocycles. The van der Waals surface area contributed by atoms with E-state index in [4.69, 9.17) is 0 Å². The summed E-state index contributed by atoms with van der Waals surface area (Å²) in [4.78, 5) is 0.557. The fourth-order valence-corrected chi connectivity index (χ4v) is 2.41. The van der Waals surface area contributed by atoms with Gasteiger partial charge < -0.3 is 5.11 Å². The summed E-state index contributed by atoms with van der Waals surface area (Å²) in [5.41, 5.74) is -0.0419. The SMILES string of the molecule is CSc1ccc(Br)c(C(O)C(C)(C)C)c1F. The van der Waals surface area contributed by atoms with Crippen LogP contribution in [0.2, 0.25) is 0 Å². The molecule has 0 fully saturated rings. The zero-order chi connectivity index (χ0) is 12.5. The molecule has 1 N–H and O–H groups in total. The molecule has 16 heavy (non-hydrogen) atoms. The molecule has 1 unspecified atom stereocenters. The Balaban J connectivity index is 3.32. The number of thioether (sulfide) groups is 1. The van der Waals surface area contributed by atoms with Crippen molar-refractivity contribution < 1.29 is 9.50 Å². The van der Waals surface area contributed by atoms with Crippen molar-refractivity contribution in [3.63, 3.8) is 0 Å². The Morgan fingerprint density at radius 3 is 2.38 bits per heavy atom. The molecule has 0 radical (unpaired) electrons. The first kappa shape index (κ1) is 14.0. The van der Waals surface area contributed by atoms with Gasteiger partial charge in [0.15, 0.2) is 0 Å². The Morgan fingerprint density at radius 1 is 1.38 bits per heavy atom. The van der Waals surface area contributed by atoms with E-state index < -0.39 is 6.10 Å². The molecule has 0 heterocycles. The Hall–Kier alpha value is -0.0600. The van der Waals surface area contributed by atoms with Crippen molar-refractivity contribution in [2.75, 3.05) is 6.26 Å². The summed E-state index contributed by atoms with van der Waals surface area (Å²) in [7, 11) is 0. The smallest absolute Gasteiger partial charge is 0.143 e. The van der Waals surface area contributed by atoms with E-state index in [0.29, 0.717) is 14.9 Å². The van der Waals surface area contributed by atoms with Gasteiger partial charge in [0.05, 0.1) is 6.10 Å². The van der Waals surface area contributed by atoms with E-state index in [-0.39, 0.29) is 11.2 Å². The Bertz CT molecular complexity index is 387. The van der Waals surface area contributed by atoms with Crippen LogP contribution in [0.4, 0.5) is 4.39 Å². The molecule has 1 aromatic rings. The van der Waals surface area contributed by atoms with Gasteiger partial charge in [-0.15, -0.1) is 11.8 Å². The molecule has 90 valence electrons. The second-order valence-electron chi connectivity index (χ2n) is 4.75. The van der Waals surface area contributed by atoms with Crippen LogP contribution in [-0.2, 0) is 0 Å². The average molecular weight is 307 g/mol. The lowest BCUT2D eigenvalue weighted by Gasteiger charge is -2.27. The van der Waals surface area contributed by atoms with Gasteiger partial charge in [-0.05, 0) is 23.8 Å². The molecular weight excluding hydrogens is 291 g/mol. The van der Waals surface area contributed by atoms with E-state index in [1.54, 1.807) is 12.1 Å². The third-order valence-corrected chi connectivity index (χ3v) is 3.85. The minimum Gasteiger partial charge on any atom is -0.388 e. The molecule has 0 bridgehead atoms. The van der Waals surface area contributed by atoms with Gasteiger partial charge >= 0.3 is 0 Å². The maximum absolute atomic E-state index is 14.1. The summed E-state index contributed by atoms with van der Waals surface area (Å²) >= 11 is 4.63. The summed E-state index contributed by atoms with van der Waals surface area (Å²) < 4.78 is 14.7. The third-order valence-electron chi connectivity index (χ3n) is 2.40. The molecule has 1 nitrogen and oxygen atoms in total. The van der Waals surface area contributed by atoms with E-state index in [1.165, 1.54) is 11.8 Å². The zero-order valence-corrected chi connectivity index (χ0v) is 12.2. The maximum atomic E-state index is 14.1. The van der Waals surface area contributed by atoms with Crippen LogP contribution < -0.4 is 0 Å². The van der Waals surface area contributed by atoms with E-state index in [9.17, 15) is 9.50 Å². The summed E-state index contributed by atoms with van der Waals surface area (Å²) in [6, 6.07) is 3.49. The van der Waals surface area contributed by atoms with Crippen molar-refractivity contribution in [2.45, 2.75) is 31.8 Å². The molecule has 1 rings (SSSR count). The van der Waals surface area contributed by atoms with Crippen molar-refractivity contribution >= 4 is 27.7 Å². The summed E-state index contributed by atoms with van der Waals surface area (Å²) in [5, 5.41) is 10.2. The number of aliphatic hydroxyl groups is 1. The lowest BCUT2D eigenvalue weighted by molar-refractivity contribution is 0.0584. The lowest BCUT2D eigenvalue weighted by Crippen LogP contribution is -2.19. The van der Waals surface area contributed by atoms with Gasteiger partial charge in [-0.25, -0.2) is 4.39 Å². The Labute approximate surface area is 109 Å². The van der Waals surface area contributed by atoms with Gasteiger partial charge in [-0.2, -0.15) is 0 Å². The van der Waals surface area contributed by atoms with E-state index in [0.717, 1.165) is 0 Å². The molecule has 0 aliphatic rings. The topological polar surface area (TPSA) is 20.2 Å². The number of aliphatic hydroxyl groups excluding tert-OH is 1. The highest BCUT2D eigenvalue weighted by molar-refractivity contribution is 9.10. The predicted octanol–water partition coefficient (Wildman–Crippen LogP) is 4.39. The first-order valence-corrected chi connectivity index (χ1v) is 7.00. The van der Waals surface area contributed by atoms with Gasteiger partial charge in [-0.1, -0.05) is 36.7 Å². The van der Waals surface area contributed by atoms with Gasteiger partial charge in [0.2, 0.25) is 0 Å². The van der Waals surface area contributed by atoms with Gasteiger partial charge in [0.1, 0.15) is 5.82 Å². The second kappa shape index (κ2) is 5.07. The summed E-state index contributed by atoms with van der Waals surface area (Å²) in [6.45, 7) is 5.65. The molecule has 0 aromatic heterocycles. The zero-order valence-electron chi connectivity index (χ0n) is 9.84. The van der Waals surface area contributed by atoms with E-state index in [2.05, 4.69) is 15.9 Å². The van der Waals surface area contributed by atoms with Crippen LogP contribution in [0.3, 0.4) is 0 Å². The van der Waals surface area contributed by atoms with Crippen molar-refractivity contribution in [1.82, 2.24) is 0 Å². The van der Waals surface area contributed by atoms with Crippen LogP contribution >= 0.6 is 27.7 Å². The summed E-state index contributed by atoms with van der Waals surface area (Å²) in [5.74, 6) is -0.329.